The molecule has 1 aliphatic rings. The van der Waals surface area contributed by atoms with Gasteiger partial charge in [-0.3, -0.25) is 14.7 Å². The number of anilines is 3. The number of nitrogens with one attached hydrogen (secondary N) is 1. The highest BCUT2D eigenvalue weighted by Gasteiger charge is 2.37. The maximum Gasteiger partial charge on any atom is 0.414 e. The number of carbonyl (C=O) groups excluding carboxylic acids is 2. The van der Waals surface area contributed by atoms with Gasteiger partial charge in [0.05, 0.1) is 23.6 Å². The number of benzene rings is 2. The van der Waals surface area contributed by atoms with Crippen LogP contribution in [0.1, 0.15) is 22.2 Å². The van der Waals surface area contributed by atoms with Crippen LogP contribution in [0.15, 0.2) is 72.9 Å². The standard InChI is InChI=1S/C22H20N4O4/c23-16-5-1-2-6-17(16)25-21(28)14-8-10-15(11-9-14)26-13-19(30-22(26)29)20(27)18-7-3-4-12-24-18/h1-12,19-20,27H,13,23H2,(H,25,28). The maximum absolute atomic E-state index is 12.4. The average molecular weight is 404 g/mol. The van der Waals surface area contributed by atoms with Gasteiger partial charge < -0.3 is 20.9 Å². The fraction of sp³-hybridized carbons (Fsp3) is 0.136. The molecule has 1 aliphatic heterocycles. The molecule has 2 heterocycles. The fourth-order valence-corrected chi connectivity index (χ4v) is 3.20. The van der Waals surface area contributed by atoms with E-state index in [-0.39, 0.29) is 12.5 Å². The van der Waals surface area contributed by atoms with Gasteiger partial charge in [-0.15, -0.1) is 0 Å². The van der Waals surface area contributed by atoms with Crippen molar-refractivity contribution in [2.24, 2.45) is 0 Å². The van der Waals surface area contributed by atoms with Gasteiger partial charge in [-0.1, -0.05) is 18.2 Å². The minimum Gasteiger partial charge on any atom is -0.441 e. The number of ether oxygens (including phenoxy) is 1. The molecule has 30 heavy (non-hydrogen) atoms. The summed E-state index contributed by atoms with van der Waals surface area (Å²) in [5, 5.41) is 13.2. The number of nitrogens with zero attached hydrogens (tertiary/aromatic N) is 2. The monoisotopic (exact) mass is 404 g/mol. The molecular formula is C22H20N4O4. The summed E-state index contributed by atoms with van der Waals surface area (Å²) in [5.41, 5.74) is 8.26. The van der Waals surface area contributed by atoms with Crippen LogP contribution in [0.4, 0.5) is 21.9 Å². The van der Waals surface area contributed by atoms with E-state index < -0.39 is 18.3 Å². The van der Waals surface area contributed by atoms with Crippen molar-refractivity contribution in [1.29, 1.82) is 0 Å². The highest BCUT2D eigenvalue weighted by Crippen LogP contribution is 2.28. The third-order valence-corrected chi connectivity index (χ3v) is 4.83. The third kappa shape index (κ3) is 3.94. The number of pyridine rings is 1. The lowest BCUT2D eigenvalue weighted by Gasteiger charge is -2.16. The summed E-state index contributed by atoms with van der Waals surface area (Å²) in [5.74, 6) is -0.313. The number of rotatable bonds is 5. The first kappa shape index (κ1) is 19.4. The third-order valence-electron chi connectivity index (χ3n) is 4.83. The van der Waals surface area contributed by atoms with Crippen molar-refractivity contribution in [3.05, 3.63) is 84.2 Å². The zero-order valence-corrected chi connectivity index (χ0v) is 15.9. The van der Waals surface area contributed by atoms with Crippen molar-refractivity contribution in [1.82, 2.24) is 4.98 Å². The zero-order chi connectivity index (χ0) is 21.1. The van der Waals surface area contributed by atoms with Crippen LogP contribution in [0, 0.1) is 0 Å². The fourth-order valence-electron chi connectivity index (χ4n) is 3.20. The lowest BCUT2D eigenvalue weighted by Crippen LogP contribution is -2.27. The summed E-state index contributed by atoms with van der Waals surface area (Å²) >= 11 is 0. The number of aliphatic hydroxyl groups excluding tert-OH is 1. The van der Waals surface area contributed by atoms with Gasteiger partial charge in [0.1, 0.15) is 6.10 Å². The van der Waals surface area contributed by atoms with Gasteiger partial charge in [-0.2, -0.15) is 0 Å². The Morgan fingerprint density at radius 3 is 2.57 bits per heavy atom. The molecule has 1 aromatic heterocycles. The predicted molar refractivity (Wildman–Crippen MR) is 112 cm³/mol. The Kier molecular flexibility index (Phi) is 5.32. The molecule has 152 valence electrons. The Morgan fingerprint density at radius 1 is 1.13 bits per heavy atom. The lowest BCUT2D eigenvalue weighted by molar-refractivity contribution is 0.0295. The molecule has 4 rings (SSSR count). The van der Waals surface area contributed by atoms with E-state index in [0.717, 1.165) is 0 Å². The van der Waals surface area contributed by atoms with E-state index in [1.165, 1.54) is 4.90 Å². The topological polar surface area (TPSA) is 118 Å². The van der Waals surface area contributed by atoms with Crippen LogP contribution >= 0.6 is 0 Å². The number of aromatic nitrogens is 1. The van der Waals surface area contributed by atoms with Crippen molar-refractivity contribution in [2.45, 2.75) is 12.2 Å². The molecule has 4 N–H and O–H groups in total. The largest absolute Gasteiger partial charge is 0.441 e. The Balaban J connectivity index is 1.44. The average Bonchev–Trinajstić information content (AvgIpc) is 3.17. The molecule has 0 bridgehead atoms. The second-order valence-corrected chi connectivity index (χ2v) is 6.82. The SMILES string of the molecule is Nc1ccccc1NC(=O)c1ccc(N2CC(C(O)c3ccccn3)OC2=O)cc1. The minimum atomic E-state index is -1.03. The quantitative estimate of drug-likeness (QED) is 0.563. The molecule has 0 aliphatic carbocycles. The van der Waals surface area contributed by atoms with Crippen LogP contribution in [-0.2, 0) is 4.74 Å². The highest BCUT2D eigenvalue weighted by molar-refractivity contribution is 6.06. The van der Waals surface area contributed by atoms with Crippen LogP contribution in [-0.4, -0.2) is 34.7 Å². The van der Waals surface area contributed by atoms with Gasteiger partial charge in [0, 0.05) is 17.4 Å². The van der Waals surface area contributed by atoms with E-state index in [9.17, 15) is 14.7 Å². The van der Waals surface area contributed by atoms with Crippen LogP contribution in [0.2, 0.25) is 0 Å². The summed E-state index contributed by atoms with van der Waals surface area (Å²) in [6, 6.07) is 18.7. The second kappa shape index (κ2) is 8.22. The number of amides is 2. The Bertz CT molecular complexity index is 1060. The van der Waals surface area contributed by atoms with E-state index in [2.05, 4.69) is 10.3 Å². The molecule has 2 amide bonds. The first-order valence-corrected chi connectivity index (χ1v) is 9.36. The summed E-state index contributed by atoms with van der Waals surface area (Å²) in [6.45, 7) is 0.169. The smallest absolute Gasteiger partial charge is 0.414 e. The molecule has 3 aromatic rings. The molecule has 1 saturated heterocycles. The van der Waals surface area contributed by atoms with Crippen LogP contribution in [0.5, 0.6) is 0 Å². The van der Waals surface area contributed by atoms with E-state index in [1.54, 1.807) is 72.9 Å². The number of nitrogens with two attached hydrogens (primary N) is 1. The Labute approximate surface area is 172 Å². The zero-order valence-electron chi connectivity index (χ0n) is 15.9. The van der Waals surface area contributed by atoms with Crippen molar-refractivity contribution < 1.29 is 19.4 Å². The Morgan fingerprint density at radius 2 is 1.87 bits per heavy atom. The maximum atomic E-state index is 12.4. The van der Waals surface area contributed by atoms with Crippen molar-refractivity contribution >= 4 is 29.1 Å². The van der Waals surface area contributed by atoms with Crippen LogP contribution in [0.25, 0.3) is 0 Å². The second-order valence-electron chi connectivity index (χ2n) is 6.82. The number of cyclic esters (lactones) is 1. The molecule has 0 spiro atoms. The number of para-hydroxylation sites is 2. The highest BCUT2D eigenvalue weighted by atomic mass is 16.6. The van der Waals surface area contributed by atoms with Crippen LogP contribution in [0.3, 0.4) is 0 Å². The van der Waals surface area contributed by atoms with E-state index in [4.69, 9.17) is 10.5 Å². The number of carbonyl (C=O) groups is 2. The number of aliphatic hydroxyl groups is 1. The molecule has 1 fully saturated rings. The van der Waals surface area contributed by atoms with Gasteiger partial charge >= 0.3 is 6.09 Å². The van der Waals surface area contributed by atoms with E-state index in [0.29, 0.717) is 28.3 Å². The molecular weight excluding hydrogens is 384 g/mol. The predicted octanol–water partition coefficient (Wildman–Crippen LogP) is 2.97. The molecule has 2 unspecified atom stereocenters. The van der Waals surface area contributed by atoms with E-state index >= 15 is 0 Å². The molecule has 0 radical (unpaired) electrons. The van der Waals surface area contributed by atoms with Gasteiger partial charge in [-0.05, 0) is 48.5 Å². The summed E-state index contributed by atoms with van der Waals surface area (Å²) in [6.07, 6.45) is -0.762. The lowest BCUT2D eigenvalue weighted by atomic mass is 10.1. The number of hydrogen-bond donors (Lipinski definition) is 3. The van der Waals surface area contributed by atoms with Gasteiger partial charge in [0.15, 0.2) is 6.10 Å². The van der Waals surface area contributed by atoms with E-state index in [1.807, 2.05) is 0 Å². The Hall–Kier alpha value is -3.91. The van der Waals surface area contributed by atoms with Crippen LogP contribution < -0.4 is 16.0 Å². The minimum absolute atomic E-state index is 0.169. The van der Waals surface area contributed by atoms with Gasteiger partial charge in [0.25, 0.3) is 5.91 Å². The molecule has 2 atom stereocenters. The summed E-state index contributed by atoms with van der Waals surface area (Å²) in [4.78, 5) is 30.3. The van der Waals surface area contributed by atoms with Gasteiger partial charge in [-0.25, -0.2) is 4.79 Å². The summed E-state index contributed by atoms with van der Waals surface area (Å²) < 4.78 is 5.32. The molecule has 0 saturated carbocycles. The molecule has 2 aromatic carbocycles. The van der Waals surface area contributed by atoms with Crippen molar-refractivity contribution in [2.75, 3.05) is 22.5 Å². The number of nitrogen functional groups attached to an aromatic ring is 1. The molecule has 8 heteroatoms. The molecule has 8 nitrogen and oxygen atoms in total. The van der Waals surface area contributed by atoms with Crippen molar-refractivity contribution in [3.63, 3.8) is 0 Å². The number of hydrogen-bond acceptors (Lipinski definition) is 6. The first-order chi connectivity index (χ1) is 14.5. The first-order valence-electron chi connectivity index (χ1n) is 9.36. The van der Waals surface area contributed by atoms with Crippen molar-refractivity contribution in [3.8, 4) is 0 Å². The van der Waals surface area contributed by atoms with Gasteiger partial charge in [0.2, 0.25) is 0 Å². The summed E-state index contributed by atoms with van der Waals surface area (Å²) in [7, 11) is 0. The normalized spacial score (nSPS) is 16.8.